The summed E-state index contributed by atoms with van der Waals surface area (Å²) in [5.41, 5.74) is 1.12. The molecule has 0 aliphatic carbocycles. The molecule has 8 heavy (non-hydrogen) atoms. The van der Waals surface area contributed by atoms with Gasteiger partial charge in [-0.15, -0.1) is 0 Å². The minimum Gasteiger partial charge on any atom is -1.00 e. The van der Waals surface area contributed by atoms with E-state index in [4.69, 9.17) is 0 Å². The third-order valence-corrected chi connectivity index (χ3v) is 0.785. The standard InChI is InChI=1S/C5H7.2ClH.Ga/c1-4-5(2)3;;;/h1,4H,2H2,3H3;2*1H;/q;;;+2/p-2. The van der Waals surface area contributed by atoms with Crippen LogP contribution >= 0.6 is 0 Å². The summed E-state index contributed by atoms with van der Waals surface area (Å²) in [6.45, 7) is 5.65. The van der Waals surface area contributed by atoms with Crippen molar-refractivity contribution in [1.82, 2.24) is 0 Å². The number of hydrogen-bond donors (Lipinski definition) is 0. The molecule has 0 amide bonds. The van der Waals surface area contributed by atoms with Gasteiger partial charge in [-0.3, -0.25) is 0 Å². The number of allylic oxidation sites excluding steroid dienone is 2. The van der Waals surface area contributed by atoms with Crippen molar-refractivity contribution in [2.24, 2.45) is 0 Å². The predicted molar refractivity (Wildman–Crippen MR) is 29.7 cm³/mol. The van der Waals surface area contributed by atoms with Gasteiger partial charge in [0.1, 0.15) is 0 Å². The van der Waals surface area contributed by atoms with Crippen LogP contribution in [-0.4, -0.2) is 18.6 Å². The second-order valence-electron chi connectivity index (χ2n) is 1.21. The van der Waals surface area contributed by atoms with Crippen LogP contribution < -0.4 is 24.8 Å². The van der Waals surface area contributed by atoms with Gasteiger partial charge in [-0.2, -0.15) is 0 Å². The first-order valence-corrected chi connectivity index (χ1v) is 3.21. The zero-order chi connectivity index (χ0) is 4.99. The summed E-state index contributed by atoms with van der Waals surface area (Å²) >= 11 is 1.60. The van der Waals surface area contributed by atoms with Gasteiger partial charge in [-0.25, -0.2) is 0 Å². The van der Waals surface area contributed by atoms with E-state index in [1.54, 1.807) is 18.6 Å². The molecular weight excluding hydrogens is 201 g/mol. The molecule has 0 rings (SSSR count). The Morgan fingerprint density at radius 2 is 1.88 bits per heavy atom. The van der Waals surface area contributed by atoms with Gasteiger partial charge < -0.3 is 24.8 Å². The van der Waals surface area contributed by atoms with Gasteiger partial charge in [-0.1, -0.05) is 0 Å². The molecule has 0 radical (unpaired) electrons. The van der Waals surface area contributed by atoms with E-state index in [0.717, 1.165) is 5.57 Å². The minimum atomic E-state index is 0. The number of hydrogen-bond acceptors (Lipinski definition) is 0. The Bertz CT molecular complexity index is 78.5. The molecule has 3 heteroatoms. The molecule has 0 bridgehead atoms. The summed E-state index contributed by atoms with van der Waals surface area (Å²) in [7, 11) is 0. The SMILES string of the molecule is C=C(C)C=[CH][Ga+2].[Cl-].[Cl-]. The maximum Gasteiger partial charge on any atom is -1.00 e. The molecule has 0 atom stereocenters. The monoisotopic (exact) mass is 206 g/mol. The Kier molecular flexibility index (Phi) is 21.1. The molecular formula is C5H7Cl2Ga. The minimum absolute atomic E-state index is 0. The summed E-state index contributed by atoms with van der Waals surface area (Å²) in [4.78, 5) is 0. The molecule has 0 aliphatic heterocycles. The van der Waals surface area contributed by atoms with E-state index in [9.17, 15) is 0 Å². The summed E-state index contributed by atoms with van der Waals surface area (Å²) in [6, 6.07) is 0. The van der Waals surface area contributed by atoms with Crippen molar-refractivity contribution in [1.29, 1.82) is 0 Å². The molecule has 0 heterocycles. The Balaban J connectivity index is -0.000000125. The molecule has 0 spiro atoms. The zero-order valence-corrected chi connectivity index (χ0v) is 8.63. The van der Waals surface area contributed by atoms with Crippen molar-refractivity contribution >= 4 is 18.6 Å². The molecule has 0 nitrogen and oxygen atoms in total. The van der Waals surface area contributed by atoms with E-state index >= 15 is 0 Å². The topological polar surface area (TPSA) is 0 Å². The van der Waals surface area contributed by atoms with Gasteiger partial charge >= 0.3 is 48.4 Å². The third kappa shape index (κ3) is 15.9. The Labute approximate surface area is 73.2 Å². The molecule has 0 saturated carbocycles. The Hall–Kier alpha value is 0.696. The Morgan fingerprint density at radius 3 is 1.88 bits per heavy atom. The maximum atomic E-state index is 3.67. The fourth-order valence-corrected chi connectivity index (χ4v) is 0.854. The summed E-state index contributed by atoms with van der Waals surface area (Å²) in [5.74, 6) is 0. The third-order valence-electron chi connectivity index (χ3n) is 0.381. The van der Waals surface area contributed by atoms with E-state index < -0.39 is 0 Å². The first kappa shape index (κ1) is 15.9. The quantitative estimate of drug-likeness (QED) is 0.299. The predicted octanol–water partition coefficient (Wildman–Crippen LogP) is -4.75. The van der Waals surface area contributed by atoms with Crippen molar-refractivity contribution < 1.29 is 24.8 Å². The molecule has 0 aromatic heterocycles. The van der Waals surface area contributed by atoms with Crippen LogP contribution in [0, 0.1) is 0 Å². The van der Waals surface area contributed by atoms with Crippen LogP contribution in [0.4, 0.5) is 0 Å². The summed E-state index contributed by atoms with van der Waals surface area (Å²) < 4.78 is 2.04. The molecule has 0 aliphatic rings. The van der Waals surface area contributed by atoms with Crippen LogP contribution in [0.2, 0.25) is 0 Å². The smallest absolute Gasteiger partial charge is 1.00 e. The number of halogens is 2. The zero-order valence-electron chi connectivity index (χ0n) is 4.70. The molecule has 0 fully saturated rings. The van der Waals surface area contributed by atoms with Crippen LogP contribution in [0.15, 0.2) is 22.9 Å². The molecule has 0 aromatic rings. The van der Waals surface area contributed by atoms with E-state index in [0.29, 0.717) is 0 Å². The first-order chi connectivity index (χ1) is 2.77. The van der Waals surface area contributed by atoms with E-state index in [1.165, 1.54) is 0 Å². The van der Waals surface area contributed by atoms with Crippen LogP contribution in [-0.2, 0) is 0 Å². The maximum absolute atomic E-state index is 3.67. The molecule has 0 N–H and O–H groups in total. The molecule has 44 valence electrons. The van der Waals surface area contributed by atoms with Crippen LogP contribution in [0.1, 0.15) is 6.92 Å². The van der Waals surface area contributed by atoms with E-state index in [-0.39, 0.29) is 24.8 Å². The fourth-order valence-electron chi connectivity index (χ4n) is 0.164. The van der Waals surface area contributed by atoms with E-state index in [2.05, 4.69) is 6.58 Å². The first-order valence-electron chi connectivity index (χ1n) is 1.81. The Morgan fingerprint density at radius 1 is 1.50 bits per heavy atom. The second kappa shape index (κ2) is 10.6. The van der Waals surface area contributed by atoms with Gasteiger partial charge in [0.25, 0.3) is 0 Å². The normalized spacial score (nSPS) is 7.38. The van der Waals surface area contributed by atoms with E-state index in [1.807, 2.05) is 17.6 Å². The largest absolute Gasteiger partial charge is 1.00 e. The summed E-state index contributed by atoms with van der Waals surface area (Å²) in [6.07, 6.45) is 2.00. The van der Waals surface area contributed by atoms with Crippen LogP contribution in [0.25, 0.3) is 0 Å². The van der Waals surface area contributed by atoms with Crippen molar-refractivity contribution in [3.8, 4) is 0 Å². The van der Waals surface area contributed by atoms with Crippen LogP contribution in [0.5, 0.6) is 0 Å². The molecule has 0 unspecified atom stereocenters. The molecule has 0 saturated heterocycles. The summed E-state index contributed by atoms with van der Waals surface area (Å²) in [5, 5.41) is 0. The van der Waals surface area contributed by atoms with Crippen LogP contribution in [0.3, 0.4) is 0 Å². The van der Waals surface area contributed by atoms with Gasteiger partial charge in [0, 0.05) is 0 Å². The van der Waals surface area contributed by atoms with Crippen molar-refractivity contribution in [2.75, 3.05) is 0 Å². The van der Waals surface area contributed by atoms with Gasteiger partial charge in [-0.05, 0) is 0 Å². The van der Waals surface area contributed by atoms with Crippen molar-refractivity contribution in [2.45, 2.75) is 6.92 Å². The van der Waals surface area contributed by atoms with Gasteiger partial charge in [0.15, 0.2) is 0 Å². The molecule has 0 aromatic carbocycles. The van der Waals surface area contributed by atoms with Crippen molar-refractivity contribution in [3.63, 3.8) is 0 Å². The average molecular weight is 208 g/mol. The fraction of sp³-hybridized carbons (Fsp3) is 0.200. The average Bonchev–Trinajstić information content (AvgIpc) is 1.35. The van der Waals surface area contributed by atoms with Gasteiger partial charge in [0.2, 0.25) is 0 Å². The van der Waals surface area contributed by atoms with Gasteiger partial charge in [0.05, 0.1) is 0 Å². The second-order valence-corrected chi connectivity index (χ2v) is 2.01. The van der Waals surface area contributed by atoms with Crippen molar-refractivity contribution in [3.05, 3.63) is 22.9 Å². The number of rotatable bonds is 1.